The summed E-state index contributed by atoms with van der Waals surface area (Å²) in [6, 6.07) is 1.23. The van der Waals surface area contributed by atoms with E-state index in [1.165, 1.54) is 22.9 Å². The molecule has 1 aromatic rings. The third-order valence-corrected chi connectivity index (χ3v) is 2.06. The summed E-state index contributed by atoms with van der Waals surface area (Å²) >= 11 is 0. The molecule has 16 heavy (non-hydrogen) atoms. The van der Waals surface area contributed by atoms with Crippen molar-refractivity contribution in [3.05, 3.63) is 45.8 Å². The fourth-order valence-electron chi connectivity index (χ4n) is 1.21. The molecule has 0 aliphatic carbocycles. The molecule has 0 saturated heterocycles. The molecule has 88 valence electrons. The van der Waals surface area contributed by atoms with E-state index in [9.17, 15) is 9.59 Å². The Labute approximate surface area is 91.8 Å². The van der Waals surface area contributed by atoms with Crippen LogP contribution in [0.3, 0.4) is 0 Å². The minimum Gasteiger partial charge on any atom is -0.393 e. The van der Waals surface area contributed by atoms with Crippen molar-refractivity contribution in [3.8, 4) is 0 Å². The molecule has 1 rings (SSSR count). The lowest BCUT2D eigenvalue weighted by Crippen LogP contribution is -2.33. The van der Waals surface area contributed by atoms with E-state index in [-0.39, 0.29) is 6.61 Å². The van der Waals surface area contributed by atoms with Crippen LogP contribution in [0.15, 0.2) is 34.5 Å². The highest BCUT2D eigenvalue weighted by atomic mass is 16.5. The highest BCUT2D eigenvalue weighted by Gasteiger charge is 2.11. The van der Waals surface area contributed by atoms with E-state index in [4.69, 9.17) is 9.84 Å². The number of rotatable bonds is 5. The molecule has 0 bridgehead atoms. The molecule has 2 atom stereocenters. The summed E-state index contributed by atoms with van der Waals surface area (Å²) in [5, 5.41) is 8.89. The van der Waals surface area contributed by atoms with Gasteiger partial charge >= 0.3 is 5.69 Å². The molecule has 0 unspecified atom stereocenters. The van der Waals surface area contributed by atoms with Crippen LogP contribution in [0.1, 0.15) is 13.2 Å². The van der Waals surface area contributed by atoms with Crippen molar-refractivity contribution in [3.63, 3.8) is 0 Å². The Kier molecular flexibility index (Phi) is 4.21. The highest BCUT2D eigenvalue weighted by molar-refractivity contribution is 4.85. The summed E-state index contributed by atoms with van der Waals surface area (Å²) in [5.74, 6) is 0. The van der Waals surface area contributed by atoms with Crippen LogP contribution in [0.2, 0.25) is 0 Å². The molecule has 0 fully saturated rings. The number of hydrogen-bond acceptors (Lipinski definition) is 4. The van der Waals surface area contributed by atoms with E-state index >= 15 is 0 Å². The second-order valence-electron chi connectivity index (χ2n) is 3.21. The number of nitrogens with one attached hydrogen (secondary N) is 1. The Morgan fingerprint density at radius 1 is 1.69 bits per heavy atom. The molecule has 0 aliphatic rings. The number of aliphatic hydroxyl groups is 1. The number of aromatic amines is 1. The van der Waals surface area contributed by atoms with Gasteiger partial charge in [-0.25, -0.2) is 4.79 Å². The lowest BCUT2D eigenvalue weighted by molar-refractivity contribution is -0.0441. The van der Waals surface area contributed by atoms with Gasteiger partial charge in [0.15, 0.2) is 0 Å². The number of H-pyrrole nitrogens is 1. The lowest BCUT2D eigenvalue weighted by atomic mass is 10.4. The van der Waals surface area contributed by atoms with Crippen LogP contribution in [0.5, 0.6) is 0 Å². The van der Waals surface area contributed by atoms with Gasteiger partial charge in [-0.1, -0.05) is 6.08 Å². The largest absolute Gasteiger partial charge is 0.393 e. The van der Waals surface area contributed by atoms with Crippen molar-refractivity contribution >= 4 is 0 Å². The first-order valence-corrected chi connectivity index (χ1v) is 4.79. The lowest BCUT2D eigenvalue weighted by Gasteiger charge is -2.19. The number of hydrogen-bond donors (Lipinski definition) is 2. The molecular weight excluding hydrogens is 212 g/mol. The Balaban J connectivity index is 2.88. The van der Waals surface area contributed by atoms with Gasteiger partial charge in [0.25, 0.3) is 5.56 Å². The molecule has 0 amide bonds. The normalized spacial score (nSPS) is 14.4. The zero-order valence-electron chi connectivity index (χ0n) is 8.92. The Bertz CT molecular complexity index is 462. The zero-order chi connectivity index (χ0) is 12.1. The molecule has 2 N–H and O–H groups in total. The van der Waals surface area contributed by atoms with Crippen molar-refractivity contribution in [1.29, 1.82) is 0 Å². The standard InChI is InChI=1S/C10H14N2O4/c1-3-8(6-13)16-7(2)12-5-4-9(14)11-10(12)15/h3-5,7-8,13H,1,6H2,2H3,(H,11,14,15)/t7-,8+/m1/s1. The van der Waals surface area contributed by atoms with Gasteiger partial charge in [-0.15, -0.1) is 6.58 Å². The van der Waals surface area contributed by atoms with Gasteiger partial charge < -0.3 is 9.84 Å². The highest BCUT2D eigenvalue weighted by Crippen LogP contribution is 2.07. The van der Waals surface area contributed by atoms with Crippen LogP contribution in [-0.4, -0.2) is 27.4 Å². The number of ether oxygens (including phenoxy) is 1. The number of aromatic nitrogens is 2. The average molecular weight is 226 g/mol. The van der Waals surface area contributed by atoms with E-state index in [1.54, 1.807) is 6.92 Å². The van der Waals surface area contributed by atoms with Crippen molar-refractivity contribution < 1.29 is 9.84 Å². The first-order chi connectivity index (χ1) is 7.58. The molecule has 1 heterocycles. The van der Waals surface area contributed by atoms with Crippen LogP contribution in [-0.2, 0) is 4.74 Å². The monoisotopic (exact) mass is 226 g/mol. The van der Waals surface area contributed by atoms with Crippen LogP contribution in [0.25, 0.3) is 0 Å². The van der Waals surface area contributed by atoms with Crippen molar-refractivity contribution in [2.24, 2.45) is 0 Å². The van der Waals surface area contributed by atoms with Gasteiger partial charge in [0.05, 0.1) is 6.61 Å². The fourth-order valence-corrected chi connectivity index (χ4v) is 1.21. The first kappa shape index (κ1) is 12.4. The van der Waals surface area contributed by atoms with E-state index in [2.05, 4.69) is 11.6 Å². The van der Waals surface area contributed by atoms with Gasteiger partial charge in [-0.3, -0.25) is 14.3 Å². The van der Waals surface area contributed by atoms with E-state index in [1.807, 2.05) is 0 Å². The Hall–Kier alpha value is -1.66. The fraction of sp³-hybridized carbons (Fsp3) is 0.400. The molecule has 6 nitrogen and oxygen atoms in total. The smallest absolute Gasteiger partial charge is 0.330 e. The minimum absolute atomic E-state index is 0.216. The summed E-state index contributed by atoms with van der Waals surface area (Å²) in [6.45, 7) is 4.90. The SMILES string of the molecule is C=C[C@@H](CO)O[C@H](C)n1ccc(=O)[nH]c1=O. The Morgan fingerprint density at radius 2 is 2.38 bits per heavy atom. The molecule has 0 aromatic carbocycles. The van der Waals surface area contributed by atoms with Gasteiger partial charge in [0.1, 0.15) is 12.3 Å². The maximum Gasteiger partial charge on any atom is 0.330 e. The second kappa shape index (κ2) is 5.43. The second-order valence-corrected chi connectivity index (χ2v) is 3.21. The van der Waals surface area contributed by atoms with E-state index in [0.29, 0.717) is 0 Å². The number of nitrogens with zero attached hydrogens (tertiary/aromatic N) is 1. The minimum atomic E-state index is -0.598. The van der Waals surface area contributed by atoms with Crippen molar-refractivity contribution in [2.75, 3.05) is 6.61 Å². The molecule has 0 spiro atoms. The summed E-state index contributed by atoms with van der Waals surface area (Å²) in [7, 11) is 0. The van der Waals surface area contributed by atoms with Crippen LogP contribution in [0, 0.1) is 0 Å². The number of aliphatic hydroxyl groups excluding tert-OH is 1. The van der Waals surface area contributed by atoms with Crippen LogP contribution < -0.4 is 11.2 Å². The average Bonchev–Trinajstić information content (AvgIpc) is 2.25. The van der Waals surface area contributed by atoms with Crippen LogP contribution >= 0.6 is 0 Å². The maximum absolute atomic E-state index is 11.4. The third kappa shape index (κ3) is 2.91. The van der Waals surface area contributed by atoms with E-state index < -0.39 is 23.6 Å². The van der Waals surface area contributed by atoms with Crippen LogP contribution in [0.4, 0.5) is 0 Å². The topological polar surface area (TPSA) is 84.3 Å². The molecule has 0 aliphatic heterocycles. The quantitative estimate of drug-likeness (QED) is 0.670. The maximum atomic E-state index is 11.4. The van der Waals surface area contributed by atoms with Crippen molar-refractivity contribution in [1.82, 2.24) is 9.55 Å². The summed E-state index contributed by atoms with van der Waals surface area (Å²) in [6.07, 6.45) is 1.63. The summed E-state index contributed by atoms with van der Waals surface area (Å²) < 4.78 is 6.54. The molecule has 0 saturated carbocycles. The summed E-state index contributed by atoms with van der Waals surface area (Å²) in [5.41, 5.74) is -1.02. The molecule has 6 heteroatoms. The van der Waals surface area contributed by atoms with Gasteiger partial charge in [-0.2, -0.15) is 0 Å². The summed E-state index contributed by atoms with van der Waals surface area (Å²) in [4.78, 5) is 24.3. The van der Waals surface area contributed by atoms with Crippen molar-refractivity contribution in [2.45, 2.75) is 19.3 Å². The Morgan fingerprint density at radius 3 is 2.88 bits per heavy atom. The predicted octanol–water partition coefficient (Wildman–Crippen LogP) is -0.381. The first-order valence-electron chi connectivity index (χ1n) is 4.79. The van der Waals surface area contributed by atoms with Gasteiger partial charge in [-0.05, 0) is 6.92 Å². The predicted molar refractivity (Wildman–Crippen MR) is 58.2 cm³/mol. The van der Waals surface area contributed by atoms with Gasteiger partial charge in [0.2, 0.25) is 0 Å². The zero-order valence-corrected chi connectivity index (χ0v) is 8.92. The molecule has 1 aromatic heterocycles. The third-order valence-electron chi connectivity index (χ3n) is 2.06. The van der Waals surface area contributed by atoms with E-state index in [0.717, 1.165) is 0 Å². The molecule has 0 radical (unpaired) electrons. The van der Waals surface area contributed by atoms with Gasteiger partial charge in [0, 0.05) is 12.3 Å². The molecular formula is C10H14N2O4.